The van der Waals surface area contributed by atoms with Crippen LogP contribution in [0.5, 0.6) is 0 Å². The van der Waals surface area contributed by atoms with Gasteiger partial charge in [-0.05, 0) is 20.8 Å². The van der Waals surface area contributed by atoms with Crippen LogP contribution in [0.3, 0.4) is 0 Å². The van der Waals surface area contributed by atoms with Gasteiger partial charge in [0, 0.05) is 18.8 Å². The van der Waals surface area contributed by atoms with Crippen molar-refractivity contribution >= 4 is 11.8 Å². The summed E-state index contributed by atoms with van der Waals surface area (Å²) in [6.45, 7) is 6.26. The Kier molecular flexibility index (Phi) is 3.45. The SMILES string of the molecule is CNc1nc(C)cc(NCc2nc(C)c(C)o2)n1. The highest BCUT2D eigenvalue weighted by molar-refractivity contribution is 5.41. The maximum Gasteiger partial charge on any atom is 0.224 e. The van der Waals surface area contributed by atoms with E-state index in [2.05, 4.69) is 25.6 Å². The highest BCUT2D eigenvalue weighted by Gasteiger charge is 2.06. The van der Waals surface area contributed by atoms with Gasteiger partial charge >= 0.3 is 0 Å². The van der Waals surface area contributed by atoms with Crippen LogP contribution >= 0.6 is 0 Å². The molecular weight excluding hydrogens is 230 g/mol. The standard InChI is InChI=1S/C12H17N5O/c1-7-5-10(17-12(13-4)15-7)14-6-11-16-8(2)9(3)18-11/h5H,6H2,1-4H3,(H2,13,14,15,17). The topological polar surface area (TPSA) is 75.9 Å². The maximum absolute atomic E-state index is 5.49. The monoisotopic (exact) mass is 247 g/mol. The van der Waals surface area contributed by atoms with E-state index in [1.807, 2.05) is 26.8 Å². The van der Waals surface area contributed by atoms with E-state index < -0.39 is 0 Å². The normalized spacial score (nSPS) is 10.4. The van der Waals surface area contributed by atoms with Crippen molar-refractivity contribution in [2.24, 2.45) is 0 Å². The molecule has 0 saturated heterocycles. The number of nitrogens with zero attached hydrogens (tertiary/aromatic N) is 3. The lowest BCUT2D eigenvalue weighted by molar-refractivity contribution is 0.478. The van der Waals surface area contributed by atoms with E-state index in [4.69, 9.17) is 4.42 Å². The average molecular weight is 247 g/mol. The zero-order valence-electron chi connectivity index (χ0n) is 11.0. The summed E-state index contributed by atoms with van der Waals surface area (Å²) in [5.74, 6) is 2.85. The van der Waals surface area contributed by atoms with Gasteiger partial charge in [0.2, 0.25) is 11.8 Å². The van der Waals surface area contributed by atoms with Gasteiger partial charge in [0.25, 0.3) is 0 Å². The number of hydrogen-bond acceptors (Lipinski definition) is 6. The third kappa shape index (κ3) is 2.77. The van der Waals surface area contributed by atoms with Crippen LogP contribution < -0.4 is 10.6 Å². The van der Waals surface area contributed by atoms with Gasteiger partial charge in [0.1, 0.15) is 11.6 Å². The van der Waals surface area contributed by atoms with Crippen LogP contribution in [0.25, 0.3) is 0 Å². The summed E-state index contributed by atoms with van der Waals surface area (Å²) in [5.41, 5.74) is 1.82. The smallest absolute Gasteiger partial charge is 0.224 e. The summed E-state index contributed by atoms with van der Waals surface area (Å²) in [6, 6.07) is 1.88. The van der Waals surface area contributed by atoms with Crippen molar-refractivity contribution in [2.45, 2.75) is 27.3 Å². The predicted octanol–water partition coefficient (Wildman–Crippen LogP) is 2.04. The minimum Gasteiger partial charge on any atom is -0.444 e. The Morgan fingerprint density at radius 3 is 2.56 bits per heavy atom. The highest BCUT2D eigenvalue weighted by atomic mass is 16.4. The molecule has 0 atom stereocenters. The average Bonchev–Trinajstić information content (AvgIpc) is 2.65. The third-order valence-electron chi connectivity index (χ3n) is 2.57. The molecule has 0 saturated carbocycles. The van der Waals surface area contributed by atoms with Gasteiger partial charge in [-0.2, -0.15) is 4.98 Å². The molecule has 0 spiro atoms. The van der Waals surface area contributed by atoms with Gasteiger partial charge in [-0.1, -0.05) is 0 Å². The first-order valence-electron chi connectivity index (χ1n) is 5.78. The van der Waals surface area contributed by atoms with Crippen LogP contribution in [0.1, 0.15) is 23.0 Å². The number of hydrogen-bond donors (Lipinski definition) is 2. The van der Waals surface area contributed by atoms with Gasteiger partial charge in [-0.3, -0.25) is 0 Å². The van der Waals surface area contributed by atoms with Crippen LogP contribution in [-0.4, -0.2) is 22.0 Å². The summed E-state index contributed by atoms with van der Waals surface area (Å²) in [6.07, 6.45) is 0. The fraction of sp³-hybridized carbons (Fsp3) is 0.417. The Balaban J connectivity index is 2.07. The molecule has 0 aliphatic rings. The second-order valence-corrected chi connectivity index (χ2v) is 4.07. The molecule has 0 unspecified atom stereocenters. The molecule has 0 aromatic carbocycles. The molecule has 0 amide bonds. The fourth-order valence-electron chi connectivity index (χ4n) is 1.55. The number of anilines is 2. The minimum atomic E-state index is 0.508. The summed E-state index contributed by atoms with van der Waals surface area (Å²) in [5, 5.41) is 6.09. The molecule has 0 fully saturated rings. The van der Waals surface area contributed by atoms with Gasteiger partial charge in [-0.15, -0.1) is 0 Å². The Labute approximate surface area is 106 Å². The molecule has 0 bridgehead atoms. The largest absolute Gasteiger partial charge is 0.444 e. The molecule has 2 heterocycles. The predicted molar refractivity (Wildman–Crippen MR) is 69.6 cm³/mol. The van der Waals surface area contributed by atoms with E-state index in [9.17, 15) is 0 Å². The van der Waals surface area contributed by atoms with Crippen molar-refractivity contribution in [2.75, 3.05) is 17.7 Å². The summed E-state index contributed by atoms with van der Waals surface area (Å²) >= 11 is 0. The Hall–Kier alpha value is -2.11. The molecule has 6 heteroatoms. The summed E-state index contributed by atoms with van der Waals surface area (Å²) in [4.78, 5) is 12.8. The lowest BCUT2D eigenvalue weighted by Crippen LogP contribution is -2.05. The Bertz CT molecular complexity index is 530. The van der Waals surface area contributed by atoms with E-state index in [1.54, 1.807) is 7.05 Å². The third-order valence-corrected chi connectivity index (χ3v) is 2.57. The van der Waals surface area contributed by atoms with Crippen LogP contribution in [0.4, 0.5) is 11.8 Å². The van der Waals surface area contributed by atoms with E-state index in [0.717, 1.165) is 23.0 Å². The molecule has 0 radical (unpaired) electrons. The van der Waals surface area contributed by atoms with E-state index in [0.29, 0.717) is 18.4 Å². The van der Waals surface area contributed by atoms with Crippen molar-refractivity contribution in [1.29, 1.82) is 0 Å². The van der Waals surface area contributed by atoms with Gasteiger partial charge in [0.15, 0.2) is 0 Å². The first-order valence-corrected chi connectivity index (χ1v) is 5.78. The first kappa shape index (κ1) is 12.3. The maximum atomic E-state index is 5.49. The fourth-order valence-corrected chi connectivity index (χ4v) is 1.55. The Morgan fingerprint density at radius 2 is 1.94 bits per heavy atom. The zero-order chi connectivity index (χ0) is 13.1. The second kappa shape index (κ2) is 5.03. The molecule has 2 aromatic heterocycles. The molecule has 96 valence electrons. The van der Waals surface area contributed by atoms with E-state index in [-0.39, 0.29) is 0 Å². The highest BCUT2D eigenvalue weighted by Crippen LogP contribution is 2.12. The summed E-state index contributed by atoms with van der Waals surface area (Å²) in [7, 11) is 1.79. The van der Waals surface area contributed by atoms with Gasteiger partial charge in [0.05, 0.1) is 12.2 Å². The zero-order valence-corrected chi connectivity index (χ0v) is 11.0. The van der Waals surface area contributed by atoms with Gasteiger partial charge in [-0.25, -0.2) is 9.97 Å². The lowest BCUT2D eigenvalue weighted by Gasteiger charge is -2.06. The van der Waals surface area contributed by atoms with Crippen molar-refractivity contribution in [1.82, 2.24) is 15.0 Å². The number of rotatable bonds is 4. The van der Waals surface area contributed by atoms with Crippen molar-refractivity contribution in [3.8, 4) is 0 Å². The van der Waals surface area contributed by atoms with Crippen LogP contribution in [0.2, 0.25) is 0 Å². The first-order chi connectivity index (χ1) is 8.58. The molecule has 2 N–H and O–H groups in total. The van der Waals surface area contributed by atoms with Crippen molar-refractivity contribution in [3.63, 3.8) is 0 Å². The van der Waals surface area contributed by atoms with Crippen molar-refractivity contribution < 1.29 is 4.42 Å². The van der Waals surface area contributed by atoms with Crippen molar-refractivity contribution in [3.05, 3.63) is 29.1 Å². The number of aromatic nitrogens is 3. The quantitative estimate of drug-likeness (QED) is 0.861. The lowest BCUT2D eigenvalue weighted by atomic mass is 10.4. The van der Waals surface area contributed by atoms with Crippen LogP contribution in [-0.2, 0) is 6.54 Å². The van der Waals surface area contributed by atoms with E-state index in [1.165, 1.54) is 0 Å². The van der Waals surface area contributed by atoms with E-state index >= 15 is 0 Å². The van der Waals surface area contributed by atoms with Crippen LogP contribution in [0, 0.1) is 20.8 Å². The molecule has 2 aromatic rings. The molecule has 6 nitrogen and oxygen atoms in total. The second-order valence-electron chi connectivity index (χ2n) is 4.07. The number of nitrogens with one attached hydrogen (secondary N) is 2. The molecular formula is C12H17N5O. The number of oxazole rings is 1. The van der Waals surface area contributed by atoms with Gasteiger partial charge < -0.3 is 15.1 Å². The molecule has 0 aliphatic carbocycles. The Morgan fingerprint density at radius 1 is 1.17 bits per heavy atom. The summed E-state index contributed by atoms with van der Waals surface area (Å²) < 4.78 is 5.49. The minimum absolute atomic E-state index is 0.508. The molecule has 2 rings (SSSR count). The molecule has 18 heavy (non-hydrogen) atoms. The van der Waals surface area contributed by atoms with Crippen LogP contribution in [0.15, 0.2) is 10.5 Å². The number of aryl methyl sites for hydroxylation is 3. The molecule has 0 aliphatic heterocycles.